The molecule has 0 spiro atoms. The van der Waals surface area contributed by atoms with Gasteiger partial charge in [-0.2, -0.15) is 4.98 Å². The van der Waals surface area contributed by atoms with Gasteiger partial charge in [0, 0.05) is 26.2 Å². The number of para-hydroxylation sites is 1. The van der Waals surface area contributed by atoms with E-state index in [2.05, 4.69) is 20.7 Å². The molecule has 1 atom stereocenters. The molecule has 0 saturated carbocycles. The molecule has 1 unspecified atom stereocenters. The Hall–Kier alpha value is -1.96. The van der Waals surface area contributed by atoms with E-state index in [4.69, 9.17) is 15.3 Å². The number of benzene rings is 1. The predicted octanol–water partition coefficient (Wildman–Crippen LogP) is 0.989. The second kappa shape index (κ2) is 6.99. The highest BCUT2D eigenvalue weighted by Gasteiger charge is 2.10. The summed E-state index contributed by atoms with van der Waals surface area (Å²) < 4.78 is 10.4. The highest BCUT2D eigenvalue weighted by molar-refractivity contribution is 5.89. The lowest BCUT2D eigenvalue weighted by Crippen LogP contribution is -2.27. The van der Waals surface area contributed by atoms with Crippen LogP contribution in [0.5, 0.6) is 0 Å². The van der Waals surface area contributed by atoms with Crippen molar-refractivity contribution in [3.63, 3.8) is 0 Å². The fraction of sp³-hybridized carbons (Fsp3) is 0.385. The molecular weight excluding hydrogens is 258 g/mol. The van der Waals surface area contributed by atoms with Crippen molar-refractivity contribution in [3.05, 3.63) is 24.3 Å². The van der Waals surface area contributed by atoms with Gasteiger partial charge in [-0.15, -0.1) is 0 Å². The summed E-state index contributed by atoms with van der Waals surface area (Å²) in [4.78, 5) is 8.63. The van der Waals surface area contributed by atoms with Crippen LogP contribution in [0.3, 0.4) is 0 Å². The number of aromatic nitrogens is 2. The first-order chi connectivity index (χ1) is 9.78. The molecule has 0 fully saturated rings. The molecule has 1 aromatic heterocycles. The highest BCUT2D eigenvalue weighted by atomic mass is 16.5. The number of hydrogen-bond donors (Lipinski definition) is 3. The van der Waals surface area contributed by atoms with E-state index in [9.17, 15) is 0 Å². The summed E-state index contributed by atoms with van der Waals surface area (Å²) in [5, 5.41) is 4.18. The molecule has 0 aliphatic heterocycles. The minimum Gasteiger partial charge on any atom is -0.382 e. The highest BCUT2D eigenvalue weighted by Crippen LogP contribution is 2.21. The average molecular weight is 277 g/mol. The van der Waals surface area contributed by atoms with Crippen molar-refractivity contribution in [3.8, 4) is 0 Å². The van der Waals surface area contributed by atoms with Crippen LogP contribution in [0.25, 0.3) is 10.9 Å². The zero-order chi connectivity index (χ0) is 14.4. The molecule has 0 saturated heterocycles. The van der Waals surface area contributed by atoms with Gasteiger partial charge in [-0.25, -0.2) is 10.8 Å². The molecule has 0 radical (unpaired) electrons. The summed E-state index contributed by atoms with van der Waals surface area (Å²) in [5.74, 6) is 6.47. The second-order valence-corrected chi connectivity index (χ2v) is 4.25. The smallest absolute Gasteiger partial charge is 0.239 e. The zero-order valence-corrected chi connectivity index (χ0v) is 11.6. The summed E-state index contributed by atoms with van der Waals surface area (Å²) in [6.07, 6.45) is -0.0528. The lowest BCUT2D eigenvalue weighted by molar-refractivity contribution is 0.0365. The zero-order valence-electron chi connectivity index (χ0n) is 11.6. The average Bonchev–Trinajstić information content (AvgIpc) is 2.50. The SMILES string of the molecule is COCC(CNc1nc(NN)nc2ccccc12)OC. The van der Waals surface area contributed by atoms with Crippen molar-refractivity contribution >= 4 is 22.7 Å². The molecule has 4 N–H and O–H groups in total. The summed E-state index contributed by atoms with van der Waals surface area (Å²) in [7, 11) is 3.29. The van der Waals surface area contributed by atoms with Crippen LogP contribution in [-0.2, 0) is 9.47 Å². The molecule has 1 heterocycles. The largest absolute Gasteiger partial charge is 0.382 e. The Balaban J connectivity index is 2.23. The van der Waals surface area contributed by atoms with E-state index in [1.54, 1.807) is 14.2 Å². The first-order valence-electron chi connectivity index (χ1n) is 6.27. The summed E-state index contributed by atoms with van der Waals surface area (Å²) in [6.45, 7) is 1.09. The number of nitrogens with one attached hydrogen (secondary N) is 2. The first kappa shape index (κ1) is 14.4. The molecule has 2 rings (SSSR count). The Labute approximate surface area is 117 Å². The van der Waals surface area contributed by atoms with Gasteiger partial charge < -0.3 is 14.8 Å². The van der Waals surface area contributed by atoms with Crippen molar-refractivity contribution in [2.75, 3.05) is 38.1 Å². The lowest BCUT2D eigenvalue weighted by Gasteiger charge is -2.16. The van der Waals surface area contributed by atoms with Gasteiger partial charge in [0.2, 0.25) is 5.95 Å². The topological polar surface area (TPSA) is 94.3 Å². The van der Waals surface area contributed by atoms with Gasteiger partial charge in [0.1, 0.15) is 5.82 Å². The quantitative estimate of drug-likeness (QED) is 0.513. The van der Waals surface area contributed by atoms with E-state index in [0.29, 0.717) is 24.9 Å². The number of ether oxygens (including phenoxy) is 2. The predicted molar refractivity (Wildman–Crippen MR) is 78.5 cm³/mol. The van der Waals surface area contributed by atoms with E-state index in [1.807, 2.05) is 24.3 Å². The maximum atomic E-state index is 5.39. The van der Waals surface area contributed by atoms with Gasteiger partial charge >= 0.3 is 0 Å². The third kappa shape index (κ3) is 3.32. The first-order valence-corrected chi connectivity index (χ1v) is 6.27. The third-order valence-corrected chi connectivity index (χ3v) is 2.92. The number of rotatable bonds is 7. The maximum Gasteiger partial charge on any atom is 0.239 e. The summed E-state index contributed by atoms with van der Waals surface area (Å²) in [6, 6.07) is 7.72. The lowest BCUT2D eigenvalue weighted by atomic mass is 10.2. The standard InChI is InChI=1S/C13H19N5O2/c1-19-8-9(20-2)7-15-12-10-5-3-4-6-11(10)16-13(17-12)18-14/h3-6,9H,7-8,14H2,1-2H3,(H2,15,16,17,18). The molecule has 20 heavy (non-hydrogen) atoms. The van der Waals surface area contributed by atoms with Gasteiger partial charge in [-0.3, -0.25) is 5.43 Å². The number of hydrazine groups is 1. The van der Waals surface area contributed by atoms with E-state index >= 15 is 0 Å². The number of nitrogens with two attached hydrogens (primary N) is 1. The van der Waals surface area contributed by atoms with Gasteiger partial charge in [0.25, 0.3) is 0 Å². The summed E-state index contributed by atoms with van der Waals surface area (Å²) in [5.41, 5.74) is 3.29. The second-order valence-electron chi connectivity index (χ2n) is 4.25. The van der Waals surface area contributed by atoms with Crippen molar-refractivity contribution in [2.45, 2.75) is 6.10 Å². The Kier molecular flexibility index (Phi) is 5.05. The fourth-order valence-corrected chi connectivity index (χ4v) is 1.88. The molecular formula is C13H19N5O2. The number of methoxy groups -OCH3 is 2. The summed E-state index contributed by atoms with van der Waals surface area (Å²) >= 11 is 0. The van der Waals surface area contributed by atoms with Gasteiger partial charge in [0.05, 0.1) is 18.2 Å². The van der Waals surface area contributed by atoms with Gasteiger partial charge in [-0.05, 0) is 12.1 Å². The third-order valence-electron chi connectivity index (χ3n) is 2.92. The van der Waals surface area contributed by atoms with Crippen LogP contribution in [0.15, 0.2) is 24.3 Å². The van der Waals surface area contributed by atoms with Crippen molar-refractivity contribution in [2.24, 2.45) is 5.84 Å². The number of nitrogens with zero attached hydrogens (tertiary/aromatic N) is 2. The van der Waals surface area contributed by atoms with Crippen LogP contribution in [-0.4, -0.2) is 43.4 Å². The molecule has 0 aliphatic rings. The monoisotopic (exact) mass is 277 g/mol. The molecule has 108 valence electrons. The Morgan fingerprint density at radius 3 is 2.75 bits per heavy atom. The molecule has 0 aliphatic carbocycles. The molecule has 0 amide bonds. The van der Waals surface area contributed by atoms with Crippen molar-refractivity contribution in [1.29, 1.82) is 0 Å². The normalized spacial score (nSPS) is 12.3. The van der Waals surface area contributed by atoms with Crippen LogP contribution in [0.1, 0.15) is 0 Å². The van der Waals surface area contributed by atoms with Crippen LogP contribution in [0.2, 0.25) is 0 Å². The maximum absolute atomic E-state index is 5.39. The number of hydrogen-bond acceptors (Lipinski definition) is 7. The van der Waals surface area contributed by atoms with Crippen LogP contribution >= 0.6 is 0 Å². The number of anilines is 2. The van der Waals surface area contributed by atoms with Crippen LogP contribution in [0, 0.1) is 0 Å². The van der Waals surface area contributed by atoms with E-state index in [-0.39, 0.29) is 6.10 Å². The van der Waals surface area contributed by atoms with Crippen LogP contribution in [0.4, 0.5) is 11.8 Å². The molecule has 0 bridgehead atoms. The minimum atomic E-state index is -0.0528. The van der Waals surface area contributed by atoms with E-state index < -0.39 is 0 Å². The number of nitrogen functional groups attached to an aromatic ring is 1. The Morgan fingerprint density at radius 1 is 1.25 bits per heavy atom. The minimum absolute atomic E-state index is 0.0528. The van der Waals surface area contributed by atoms with E-state index in [0.717, 1.165) is 10.9 Å². The fourth-order valence-electron chi connectivity index (χ4n) is 1.88. The Bertz CT molecular complexity index is 563. The van der Waals surface area contributed by atoms with Crippen LogP contribution < -0.4 is 16.6 Å². The van der Waals surface area contributed by atoms with E-state index in [1.165, 1.54) is 0 Å². The van der Waals surface area contributed by atoms with Crippen molar-refractivity contribution < 1.29 is 9.47 Å². The number of fused-ring (bicyclic) bond motifs is 1. The molecule has 7 nitrogen and oxygen atoms in total. The van der Waals surface area contributed by atoms with Gasteiger partial charge in [0.15, 0.2) is 0 Å². The molecule has 1 aromatic carbocycles. The molecule has 2 aromatic rings. The molecule has 7 heteroatoms. The van der Waals surface area contributed by atoms with Crippen molar-refractivity contribution in [1.82, 2.24) is 9.97 Å². The van der Waals surface area contributed by atoms with Gasteiger partial charge in [-0.1, -0.05) is 12.1 Å². The Morgan fingerprint density at radius 2 is 2.05 bits per heavy atom.